The van der Waals surface area contributed by atoms with E-state index in [0.717, 1.165) is 28.6 Å². The second kappa shape index (κ2) is 8.61. The molecule has 0 spiro atoms. The minimum absolute atomic E-state index is 0.271. The summed E-state index contributed by atoms with van der Waals surface area (Å²) in [6.07, 6.45) is 0.965. The van der Waals surface area contributed by atoms with Crippen molar-refractivity contribution < 1.29 is 14.3 Å². The van der Waals surface area contributed by atoms with Crippen LogP contribution in [0.5, 0.6) is 0 Å². The zero-order chi connectivity index (χ0) is 20.1. The van der Waals surface area contributed by atoms with E-state index >= 15 is 0 Å². The van der Waals surface area contributed by atoms with Crippen molar-refractivity contribution >= 4 is 28.6 Å². The number of nitrogens with one attached hydrogen (secondary N) is 3. The van der Waals surface area contributed by atoms with Gasteiger partial charge in [-0.05, 0) is 31.9 Å². The molecule has 6 heteroatoms. The molecule has 2 aromatic carbocycles. The van der Waals surface area contributed by atoms with Crippen molar-refractivity contribution in [2.75, 3.05) is 11.9 Å². The summed E-state index contributed by atoms with van der Waals surface area (Å²) in [6, 6.07) is 14.8. The van der Waals surface area contributed by atoms with Gasteiger partial charge in [0.1, 0.15) is 6.04 Å². The van der Waals surface area contributed by atoms with Crippen LogP contribution < -0.4 is 10.6 Å². The van der Waals surface area contributed by atoms with Gasteiger partial charge in [0.2, 0.25) is 0 Å². The molecule has 1 heterocycles. The van der Waals surface area contributed by atoms with Crippen LogP contribution in [0.4, 0.5) is 10.5 Å². The Labute approximate surface area is 164 Å². The minimum Gasteiger partial charge on any atom is -0.464 e. The van der Waals surface area contributed by atoms with Gasteiger partial charge in [0.05, 0.1) is 18.0 Å². The maximum absolute atomic E-state index is 12.5. The third-order valence-corrected chi connectivity index (χ3v) is 4.58. The molecule has 28 heavy (non-hydrogen) atoms. The number of esters is 1. The number of aromatic amines is 1. The Balaban J connectivity index is 1.90. The van der Waals surface area contributed by atoms with Gasteiger partial charge in [-0.15, -0.1) is 0 Å². The van der Waals surface area contributed by atoms with Crippen LogP contribution in [0.3, 0.4) is 0 Å². The van der Waals surface area contributed by atoms with Gasteiger partial charge < -0.3 is 20.4 Å². The van der Waals surface area contributed by atoms with E-state index in [2.05, 4.69) is 34.7 Å². The summed E-state index contributed by atoms with van der Waals surface area (Å²) < 4.78 is 4.94. The Morgan fingerprint density at radius 2 is 1.79 bits per heavy atom. The number of fused-ring (bicyclic) bond motifs is 1. The molecule has 0 aliphatic rings. The average molecular weight is 379 g/mol. The first kappa shape index (κ1) is 19.5. The first-order chi connectivity index (χ1) is 13.5. The van der Waals surface area contributed by atoms with E-state index in [1.54, 1.807) is 13.8 Å². The lowest BCUT2D eigenvalue weighted by molar-refractivity contribution is -0.144. The van der Waals surface area contributed by atoms with Gasteiger partial charge >= 0.3 is 12.0 Å². The molecule has 6 nitrogen and oxygen atoms in total. The number of carbonyl (C=O) groups excluding carboxylic acids is 2. The number of carbonyl (C=O) groups is 2. The summed E-state index contributed by atoms with van der Waals surface area (Å²) >= 11 is 0. The predicted octanol–water partition coefficient (Wildman–Crippen LogP) is 4.47. The number of aromatic nitrogens is 1. The fourth-order valence-corrected chi connectivity index (χ4v) is 3.07. The molecular formula is C22H25N3O3. The number of benzene rings is 2. The van der Waals surface area contributed by atoms with Crippen molar-refractivity contribution in [2.24, 2.45) is 0 Å². The molecule has 0 bridgehead atoms. The summed E-state index contributed by atoms with van der Waals surface area (Å²) in [6.45, 7) is 5.71. The molecule has 1 atom stereocenters. The molecule has 0 saturated heterocycles. The summed E-state index contributed by atoms with van der Waals surface area (Å²) in [5.74, 6) is -0.466. The number of para-hydroxylation sites is 1. The second-order valence-electron chi connectivity index (χ2n) is 6.54. The zero-order valence-electron chi connectivity index (χ0n) is 16.3. The Morgan fingerprint density at radius 1 is 1.07 bits per heavy atom. The number of H-pyrrole nitrogens is 1. The van der Waals surface area contributed by atoms with E-state index in [-0.39, 0.29) is 6.61 Å². The number of amides is 2. The summed E-state index contributed by atoms with van der Waals surface area (Å²) in [5.41, 5.74) is 4.64. The first-order valence-electron chi connectivity index (χ1n) is 9.47. The number of hydrogen-bond donors (Lipinski definition) is 3. The number of urea groups is 1. The average Bonchev–Trinajstić information content (AvgIpc) is 3.06. The topological polar surface area (TPSA) is 83.2 Å². The molecule has 0 fully saturated rings. The maximum Gasteiger partial charge on any atom is 0.328 e. The fraction of sp³-hybridized carbons (Fsp3) is 0.273. The van der Waals surface area contributed by atoms with Crippen molar-refractivity contribution in [3.05, 3.63) is 54.1 Å². The van der Waals surface area contributed by atoms with Gasteiger partial charge in [0, 0.05) is 16.5 Å². The lowest BCUT2D eigenvalue weighted by Gasteiger charge is -2.14. The van der Waals surface area contributed by atoms with Gasteiger partial charge in [-0.2, -0.15) is 0 Å². The first-order valence-corrected chi connectivity index (χ1v) is 9.47. The number of rotatable bonds is 6. The van der Waals surface area contributed by atoms with Crippen LogP contribution in [0.25, 0.3) is 22.2 Å². The van der Waals surface area contributed by atoms with Gasteiger partial charge in [0.15, 0.2) is 0 Å². The molecule has 3 aromatic rings. The number of aryl methyl sites for hydroxylation is 1. The maximum atomic E-state index is 12.5. The Bertz CT molecular complexity index is 976. The smallest absolute Gasteiger partial charge is 0.328 e. The van der Waals surface area contributed by atoms with E-state index in [0.29, 0.717) is 5.69 Å². The van der Waals surface area contributed by atoms with Crippen molar-refractivity contribution in [1.29, 1.82) is 0 Å². The quantitative estimate of drug-likeness (QED) is 0.553. The predicted molar refractivity (Wildman–Crippen MR) is 111 cm³/mol. The van der Waals surface area contributed by atoms with Crippen LogP contribution in [0.2, 0.25) is 0 Å². The molecule has 146 valence electrons. The molecule has 0 aliphatic heterocycles. The van der Waals surface area contributed by atoms with Crippen LogP contribution in [0.15, 0.2) is 48.5 Å². The highest BCUT2D eigenvalue weighted by Crippen LogP contribution is 2.35. The molecule has 0 aliphatic carbocycles. The second-order valence-corrected chi connectivity index (χ2v) is 6.54. The molecule has 2 amide bonds. The monoisotopic (exact) mass is 379 g/mol. The van der Waals surface area contributed by atoms with Gasteiger partial charge in [-0.3, -0.25) is 0 Å². The highest BCUT2D eigenvalue weighted by atomic mass is 16.5. The fourth-order valence-electron chi connectivity index (χ4n) is 3.07. The lowest BCUT2D eigenvalue weighted by Crippen LogP contribution is -2.41. The zero-order valence-corrected chi connectivity index (χ0v) is 16.3. The lowest BCUT2D eigenvalue weighted by atomic mass is 10.1. The van der Waals surface area contributed by atoms with E-state index in [4.69, 9.17) is 4.74 Å². The highest BCUT2D eigenvalue weighted by Gasteiger charge is 2.19. The van der Waals surface area contributed by atoms with Crippen molar-refractivity contribution in [3.63, 3.8) is 0 Å². The van der Waals surface area contributed by atoms with Crippen LogP contribution in [0, 0.1) is 0 Å². The summed E-state index contributed by atoms with van der Waals surface area (Å²) in [5, 5.41) is 6.42. The van der Waals surface area contributed by atoms with E-state index in [1.165, 1.54) is 5.56 Å². The van der Waals surface area contributed by atoms with Gasteiger partial charge in [-0.1, -0.05) is 49.4 Å². The Morgan fingerprint density at radius 3 is 2.46 bits per heavy atom. The Hall–Kier alpha value is -3.28. The molecule has 1 aromatic heterocycles. The van der Waals surface area contributed by atoms with Crippen LogP contribution in [-0.2, 0) is 16.0 Å². The third-order valence-electron chi connectivity index (χ3n) is 4.58. The number of hydrogen-bond acceptors (Lipinski definition) is 3. The largest absolute Gasteiger partial charge is 0.464 e. The van der Waals surface area contributed by atoms with Crippen LogP contribution in [0.1, 0.15) is 26.3 Å². The van der Waals surface area contributed by atoms with Crippen LogP contribution in [-0.4, -0.2) is 29.6 Å². The van der Waals surface area contributed by atoms with E-state index < -0.39 is 18.0 Å². The SMILES string of the molecule is CCOC(=O)C(C)NC(=O)Nc1c(-c2ccc(CC)cc2)[nH]c2ccccc12. The summed E-state index contributed by atoms with van der Waals surface area (Å²) in [7, 11) is 0. The molecule has 0 saturated carbocycles. The van der Waals surface area contributed by atoms with E-state index in [9.17, 15) is 9.59 Å². The third kappa shape index (κ3) is 4.17. The van der Waals surface area contributed by atoms with Crippen molar-refractivity contribution in [3.8, 4) is 11.3 Å². The molecule has 0 radical (unpaired) electrons. The van der Waals surface area contributed by atoms with Crippen LogP contribution >= 0.6 is 0 Å². The normalized spacial score (nSPS) is 11.8. The van der Waals surface area contributed by atoms with E-state index in [1.807, 2.05) is 36.4 Å². The number of ether oxygens (including phenoxy) is 1. The molecule has 3 N–H and O–H groups in total. The van der Waals surface area contributed by atoms with Crippen molar-refractivity contribution in [1.82, 2.24) is 10.3 Å². The molecular weight excluding hydrogens is 354 g/mol. The summed E-state index contributed by atoms with van der Waals surface area (Å²) in [4.78, 5) is 27.7. The molecule has 3 rings (SSSR count). The molecule has 1 unspecified atom stereocenters. The standard InChI is InChI=1S/C22H25N3O3/c1-4-15-10-12-16(13-11-15)19-20(17-8-6-7-9-18(17)24-19)25-22(27)23-14(3)21(26)28-5-2/h6-14,24H,4-5H2,1-3H3,(H2,23,25,27). The minimum atomic E-state index is -0.738. The Kier molecular flexibility index (Phi) is 5.99. The number of anilines is 1. The van der Waals surface area contributed by atoms with Gasteiger partial charge in [-0.25, -0.2) is 9.59 Å². The van der Waals surface area contributed by atoms with Gasteiger partial charge in [0.25, 0.3) is 0 Å². The highest BCUT2D eigenvalue weighted by molar-refractivity contribution is 6.08. The van der Waals surface area contributed by atoms with Crippen molar-refractivity contribution in [2.45, 2.75) is 33.2 Å².